The van der Waals surface area contributed by atoms with E-state index in [1.807, 2.05) is 19.1 Å². The molecule has 0 atom stereocenters. The van der Waals surface area contributed by atoms with E-state index in [2.05, 4.69) is 0 Å². The average molecular weight is 287 g/mol. The summed E-state index contributed by atoms with van der Waals surface area (Å²) in [6.07, 6.45) is 0.0635. The van der Waals surface area contributed by atoms with Crippen LogP contribution in [-0.2, 0) is 6.42 Å². The first-order chi connectivity index (χ1) is 9.90. The predicted molar refractivity (Wildman–Crippen MR) is 75.6 cm³/mol. The second-order valence-electron chi connectivity index (χ2n) is 4.65. The summed E-state index contributed by atoms with van der Waals surface area (Å²) in [4.78, 5) is 22.1. The lowest BCUT2D eigenvalue weighted by Gasteiger charge is -2.06. The SMILES string of the molecule is Cc1ccccc1CC(=O)c1cc(O)c(O)c([N+](=O)[O-])c1. The third kappa shape index (κ3) is 3.00. The lowest BCUT2D eigenvalue weighted by atomic mass is 9.99. The van der Waals surface area contributed by atoms with E-state index in [-0.39, 0.29) is 17.8 Å². The van der Waals surface area contributed by atoms with Crippen LogP contribution in [0.25, 0.3) is 0 Å². The number of benzene rings is 2. The minimum atomic E-state index is -0.848. The molecule has 0 heterocycles. The highest BCUT2D eigenvalue weighted by Crippen LogP contribution is 2.36. The third-order valence-electron chi connectivity index (χ3n) is 3.20. The number of hydrogen-bond acceptors (Lipinski definition) is 5. The zero-order chi connectivity index (χ0) is 15.6. The van der Waals surface area contributed by atoms with E-state index in [0.29, 0.717) is 0 Å². The molecule has 0 aromatic heterocycles. The van der Waals surface area contributed by atoms with Crippen LogP contribution in [0.4, 0.5) is 5.69 Å². The van der Waals surface area contributed by atoms with E-state index in [0.717, 1.165) is 23.3 Å². The van der Waals surface area contributed by atoms with Gasteiger partial charge in [0.15, 0.2) is 11.5 Å². The summed E-state index contributed by atoms with van der Waals surface area (Å²) < 4.78 is 0. The minimum Gasteiger partial charge on any atom is -0.504 e. The molecule has 0 aliphatic rings. The van der Waals surface area contributed by atoms with E-state index in [1.54, 1.807) is 12.1 Å². The highest BCUT2D eigenvalue weighted by molar-refractivity contribution is 5.99. The van der Waals surface area contributed by atoms with Crippen LogP contribution in [0.1, 0.15) is 21.5 Å². The van der Waals surface area contributed by atoms with E-state index >= 15 is 0 Å². The Morgan fingerprint density at radius 1 is 1.24 bits per heavy atom. The van der Waals surface area contributed by atoms with Crippen LogP contribution < -0.4 is 0 Å². The van der Waals surface area contributed by atoms with Crippen LogP contribution in [-0.4, -0.2) is 20.9 Å². The number of nitro groups is 1. The van der Waals surface area contributed by atoms with Crippen LogP contribution in [0.3, 0.4) is 0 Å². The Hall–Kier alpha value is -2.89. The molecule has 2 rings (SSSR count). The number of carbonyl (C=O) groups is 1. The van der Waals surface area contributed by atoms with Crippen molar-refractivity contribution in [3.8, 4) is 11.5 Å². The molecule has 0 spiro atoms. The minimum absolute atomic E-state index is 0.0137. The Bertz CT molecular complexity index is 724. The predicted octanol–water partition coefficient (Wildman–Crippen LogP) is 2.74. The van der Waals surface area contributed by atoms with Gasteiger partial charge in [-0.1, -0.05) is 24.3 Å². The molecule has 0 aliphatic heterocycles. The highest BCUT2D eigenvalue weighted by Gasteiger charge is 2.21. The zero-order valence-electron chi connectivity index (χ0n) is 11.2. The first-order valence-corrected chi connectivity index (χ1v) is 6.18. The van der Waals surface area contributed by atoms with Gasteiger partial charge in [-0.2, -0.15) is 0 Å². The molecule has 0 fully saturated rings. The quantitative estimate of drug-likeness (QED) is 0.389. The molecule has 0 unspecified atom stereocenters. The Kier molecular flexibility index (Phi) is 3.89. The van der Waals surface area contributed by atoms with Crippen molar-refractivity contribution in [2.24, 2.45) is 0 Å². The van der Waals surface area contributed by atoms with Gasteiger partial charge in [0, 0.05) is 18.1 Å². The van der Waals surface area contributed by atoms with Gasteiger partial charge >= 0.3 is 5.69 Å². The van der Waals surface area contributed by atoms with E-state index in [9.17, 15) is 25.1 Å². The molecule has 0 bridgehead atoms. The molecule has 108 valence electrons. The number of nitro benzene ring substituents is 1. The Morgan fingerprint density at radius 2 is 1.90 bits per heavy atom. The topological polar surface area (TPSA) is 101 Å². The molecule has 0 saturated carbocycles. The van der Waals surface area contributed by atoms with Crippen molar-refractivity contribution in [2.45, 2.75) is 13.3 Å². The van der Waals surface area contributed by atoms with Gasteiger partial charge in [-0.3, -0.25) is 14.9 Å². The van der Waals surface area contributed by atoms with Crippen molar-refractivity contribution < 1.29 is 19.9 Å². The molecule has 6 nitrogen and oxygen atoms in total. The number of phenolic OH excluding ortho intramolecular Hbond substituents is 2. The number of hydrogen-bond donors (Lipinski definition) is 2. The first kappa shape index (κ1) is 14.5. The van der Waals surface area contributed by atoms with Crippen LogP contribution in [0.15, 0.2) is 36.4 Å². The fraction of sp³-hybridized carbons (Fsp3) is 0.133. The number of aromatic hydroxyl groups is 2. The number of ketones is 1. The Morgan fingerprint density at radius 3 is 2.52 bits per heavy atom. The molecule has 0 radical (unpaired) electrons. The van der Waals surface area contributed by atoms with Gasteiger partial charge in [0.2, 0.25) is 5.75 Å². The second-order valence-corrected chi connectivity index (χ2v) is 4.65. The Labute approximate surface area is 120 Å². The average Bonchev–Trinajstić information content (AvgIpc) is 2.43. The molecular weight excluding hydrogens is 274 g/mol. The summed E-state index contributed by atoms with van der Waals surface area (Å²) in [6.45, 7) is 1.86. The monoisotopic (exact) mass is 287 g/mol. The lowest BCUT2D eigenvalue weighted by Crippen LogP contribution is -2.05. The van der Waals surface area contributed by atoms with Gasteiger partial charge in [0.05, 0.1) is 4.92 Å². The van der Waals surface area contributed by atoms with E-state index in [1.165, 1.54) is 0 Å². The molecule has 0 amide bonds. The van der Waals surface area contributed by atoms with Crippen molar-refractivity contribution in [3.63, 3.8) is 0 Å². The summed E-state index contributed by atoms with van der Waals surface area (Å²) in [5, 5.41) is 29.7. The normalized spacial score (nSPS) is 10.3. The first-order valence-electron chi connectivity index (χ1n) is 6.18. The van der Waals surface area contributed by atoms with Gasteiger partial charge in [-0.05, 0) is 24.1 Å². The van der Waals surface area contributed by atoms with E-state index < -0.39 is 22.1 Å². The molecular formula is C15H13NO5. The largest absolute Gasteiger partial charge is 0.504 e. The lowest BCUT2D eigenvalue weighted by molar-refractivity contribution is -0.386. The molecule has 2 aromatic rings. The number of rotatable bonds is 4. The summed E-state index contributed by atoms with van der Waals surface area (Å²) in [6, 6.07) is 9.30. The second kappa shape index (κ2) is 5.62. The molecule has 2 N–H and O–H groups in total. The molecule has 21 heavy (non-hydrogen) atoms. The summed E-state index contributed by atoms with van der Waals surface area (Å²) >= 11 is 0. The van der Waals surface area contributed by atoms with E-state index in [4.69, 9.17) is 0 Å². The van der Waals surface area contributed by atoms with Crippen LogP contribution >= 0.6 is 0 Å². The summed E-state index contributed by atoms with van der Waals surface area (Å²) in [5.74, 6) is -1.90. The van der Waals surface area contributed by atoms with Crippen molar-refractivity contribution in [1.29, 1.82) is 0 Å². The van der Waals surface area contributed by atoms with Crippen molar-refractivity contribution in [2.75, 3.05) is 0 Å². The van der Waals surface area contributed by atoms with Crippen LogP contribution in [0.2, 0.25) is 0 Å². The van der Waals surface area contributed by atoms with Crippen molar-refractivity contribution in [3.05, 3.63) is 63.2 Å². The summed E-state index contributed by atoms with van der Waals surface area (Å²) in [7, 11) is 0. The van der Waals surface area contributed by atoms with Gasteiger partial charge in [-0.25, -0.2) is 0 Å². The maximum Gasteiger partial charge on any atom is 0.315 e. The van der Waals surface area contributed by atoms with Gasteiger partial charge in [0.1, 0.15) is 0 Å². The van der Waals surface area contributed by atoms with Gasteiger partial charge in [-0.15, -0.1) is 0 Å². The van der Waals surface area contributed by atoms with Gasteiger partial charge in [0.25, 0.3) is 0 Å². The maximum absolute atomic E-state index is 12.2. The maximum atomic E-state index is 12.2. The van der Waals surface area contributed by atoms with Crippen LogP contribution in [0.5, 0.6) is 11.5 Å². The zero-order valence-corrected chi connectivity index (χ0v) is 11.2. The summed E-state index contributed by atoms with van der Waals surface area (Å²) in [5.41, 5.74) is 1.03. The number of carbonyl (C=O) groups excluding carboxylic acids is 1. The van der Waals surface area contributed by atoms with Crippen molar-refractivity contribution in [1.82, 2.24) is 0 Å². The fourth-order valence-electron chi connectivity index (χ4n) is 1.99. The highest BCUT2D eigenvalue weighted by atomic mass is 16.6. The molecule has 6 heteroatoms. The number of nitrogens with zero attached hydrogens (tertiary/aromatic N) is 1. The number of Topliss-reactive ketones (excluding diaryl/α,β-unsaturated/α-hetero) is 1. The molecule has 0 saturated heterocycles. The standard InChI is InChI=1S/C15H13NO5/c1-9-4-2-3-5-10(9)7-13(17)11-6-12(16(20)21)15(19)14(18)8-11/h2-6,8,18-19H,7H2,1H3. The van der Waals surface area contributed by atoms with Gasteiger partial charge < -0.3 is 10.2 Å². The Balaban J connectivity index is 2.36. The van der Waals surface area contributed by atoms with Crippen molar-refractivity contribution >= 4 is 11.5 Å². The number of aryl methyl sites for hydroxylation is 1. The van der Waals surface area contributed by atoms with Crippen LogP contribution in [0, 0.1) is 17.0 Å². The molecule has 0 aliphatic carbocycles. The third-order valence-corrected chi connectivity index (χ3v) is 3.20. The molecule has 2 aromatic carbocycles. The fourth-order valence-corrected chi connectivity index (χ4v) is 1.99. The smallest absolute Gasteiger partial charge is 0.315 e. The number of phenols is 2.